The van der Waals surface area contributed by atoms with E-state index in [1.54, 1.807) is 0 Å². The van der Waals surface area contributed by atoms with Crippen LogP contribution in [0.5, 0.6) is 0 Å². The Hall–Kier alpha value is -1.24. The molecule has 0 spiro atoms. The van der Waals surface area contributed by atoms with Crippen molar-refractivity contribution in [3.63, 3.8) is 0 Å². The quantitative estimate of drug-likeness (QED) is 0.849. The monoisotopic (exact) mass is 242 g/mol. The molecular weight excluding hydrogens is 237 g/mol. The van der Waals surface area contributed by atoms with Crippen LogP contribution < -0.4 is 0 Å². The topological polar surface area (TPSA) is 66.0 Å². The van der Waals surface area contributed by atoms with Crippen LogP contribution in [0.15, 0.2) is 0 Å². The number of alkyl halides is 3. The van der Waals surface area contributed by atoms with Crippen LogP contribution in [0.2, 0.25) is 5.15 Å². The van der Waals surface area contributed by atoms with Crippen LogP contribution in [-0.4, -0.2) is 27.4 Å². The molecule has 0 amide bonds. The van der Waals surface area contributed by atoms with E-state index < -0.39 is 25.0 Å². The molecule has 0 unspecified atom stereocenters. The van der Waals surface area contributed by atoms with E-state index in [4.69, 9.17) is 16.7 Å². The minimum absolute atomic E-state index is 0.121. The molecule has 0 aliphatic heterocycles. The predicted molar refractivity (Wildman–Crippen MR) is 44.7 cm³/mol. The molecule has 0 aliphatic rings. The van der Waals surface area contributed by atoms with Gasteiger partial charge in [0.25, 0.3) is 0 Å². The minimum Gasteiger partial charge on any atom is -0.481 e. The Labute approximate surface area is 87.0 Å². The van der Waals surface area contributed by atoms with Gasteiger partial charge in [-0.3, -0.25) is 9.89 Å². The highest BCUT2D eigenvalue weighted by molar-refractivity contribution is 6.30. The first-order chi connectivity index (χ1) is 6.79. The fourth-order valence-corrected chi connectivity index (χ4v) is 1.28. The second-order valence-corrected chi connectivity index (χ2v) is 3.19. The first kappa shape index (κ1) is 11.8. The van der Waals surface area contributed by atoms with E-state index in [0.29, 0.717) is 0 Å². The molecule has 2 N–H and O–H groups in total. The minimum atomic E-state index is -4.44. The van der Waals surface area contributed by atoms with Gasteiger partial charge in [0.2, 0.25) is 0 Å². The summed E-state index contributed by atoms with van der Waals surface area (Å²) in [7, 11) is 0. The number of aliphatic carboxylic acids is 1. The third-order valence-electron chi connectivity index (χ3n) is 1.61. The van der Waals surface area contributed by atoms with Gasteiger partial charge < -0.3 is 5.11 Å². The molecule has 0 bridgehead atoms. The molecular formula is C7H6ClF3N2O2. The molecule has 0 aromatic carbocycles. The third kappa shape index (κ3) is 3.43. The molecule has 4 nitrogen and oxygen atoms in total. The molecule has 0 fully saturated rings. The summed E-state index contributed by atoms with van der Waals surface area (Å²) in [6.07, 6.45) is -6.29. The fraction of sp³-hybridized carbons (Fsp3) is 0.429. The molecule has 1 rings (SSSR count). The average molecular weight is 243 g/mol. The number of halogens is 4. The van der Waals surface area contributed by atoms with Crippen molar-refractivity contribution in [1.29, 1.82) is 0 Å². The van der Waals surface area contributed by atoms with Gasteiger partial charge in [-0.25, -0.2) is 0 Å². The molecule has 84 valence electrons. The standard InChI is InChI=1S/C7H6ClF3N2O2/c8-6-3(2-7(9,10)11)4(12-13-6)1-5(14)15/h1-2H2,(H,12,13)(H,14,15). The van der Waals surface area contributed by atoms with Crippen LogP contribution in [0, 0.1) is 0 Å². The lowest BCUT2D eigenvalue weighted by Crippen LogP contribution is -2.14. The van der Waals surface area contributed by atoms with E-state index in [0.717, 1.165) is 0 Å². The Balaban J connectivity index is 2.94. The summed E-state index contributed by atoms with van der Waals surface area (Å²) in [5, 5.41) is 13.6. The van der Waals surface area contributed by atoms with E-state index in [1.807, 2.05) is 0 Å². The largest absolute Gasteiger partial charge is 0.481 e. The molecule has 1 aromatic heterocycles. The van der Waals surface area contributed by atoms with Gasteiger partial charge in [0.15, 0.2) is 5.15 Å². The number of H-pyrrole nitrogens is 1. The molecule has 0 atom stereocenters. The SMILES string of the molecule is O=C(O)Cc1[nH]nc(Cl)c1CC(F)(F)F. The number of carbonyl (C=O) groups is 1. The number of nitrogens with one attached hydrogen (secondary N) is 1. The molecule has 0 saturated heterocycles. The van der Waals surface area contributed by atoms with E-state index in [9.17, 15) is 18.0 Å². The lowest BCUT2D eigenvalue weighted by atomic mass is 10.1. The Bertz CT molecular complexity index is 375. The highest BCUT2D eigenvalue weighted by Crippen LogP contribution is 2.27. The van der Waals surface area contributed by atoms with Crippen LogP contribution in [0.4, 0.5) is 13.2 Å². The molecule has 15 heavy (non-hydrogen) atoms. The zero-order valence-corrected chi connectivity index (χ0v) is 7.98. The summed E-state index contributed by atoms with van der Waals surface area (Å²) in [6.45, 7) is 0. The van der Waals surface area contributed by atoms with E-state index >= 15 is 0 Å². The number of hydrogen-bond donors (Lipinski definition) is 2. The first-order valence-electron chi connectivity index (χ1n) is 3.80. The Morgan fingerprint density at radius 2 is 2.13 bits per heavy atom. The van der Waals surface area contributed by atoms with Crippen molar-refractivity contribution in [3.05, 3.63) is 16.4 Å². The summed E-state index contributed by atoms with van der Waals surface area (Å²) in [5.74, 6) is -1.25. The maximum Gasteiger partial charge on any atom is 0.393 e. The molecule has 0 saturated carbocycles. The van der Waals surface area contributed by atoms with Crippen molar-refractivity contribution in [1.82, 2.24) is 10.2 Å². The van der Waals surface area contributed by atoms with Gasteiger partial charge in [-0.15, -0.1) is 0 Å². The highest BCUT2D eigenvalue weighted by Gasteiger charge is 2.31. The van der Waals surface area contributed by atoms with Gasteiger partial charge >= 0.3 is 12.1 Å². The van der Waals surface area contributed by atoms with Crippen molar-refractivity contribution in [2.24, 2.45) is 0 Å². The third-order valence-corrected chi connectivity index (χ3v) is 1.92. The van der Waals surface area contributed by atoms with Gasteiger partial charge in [0.05, 0.1) is 18.5 Å². The molecule has 0 radical (unpaired) electrons. The van der Waals surface area contributed by atoms with Gasteiger partial charge in [-0.2, -0.15) is 18.3 Å². The van der Waals surface area contributed by atoms with Crippen molar-refractivity contribution in [3.8, 4) is 0 Å². The van der Waals surface area contributed by atoms with Crippen LogP contribution in [0.1, 0.15) is 11.3 Å². The van der Waals surface area contributed by atoms with Gasteiger partial charge in [-0.1, -0.05) is 11.6 Å². The summed E-state index contributed by atoms with van der Waals surface area (Å²) < 4.78 is 36.2. The van der Waals surface area contributed by atoms with Crippen molar-refractivity contribution < 1.29 is 23.1 Å². The van der Waals surface area contributed by atoms with Gasteiger partial charge in [-0.05, 0) is 0 Å². The lowest BCUT2D eigenvalue weighted by Gasteiger charge is -2.05. The predicted octanol–water partition coefficient (Wildman–Crippen LogP) is 1.79. The van der Waals surface area contributed by atoms with Crippen LogP contribution in [0.25, 0.3) is 0 Å². The van der Waals surface area contributed by atoms with E-state index in [2.05, 4.69) is 10.2 Å². The van der Waals surface area contributed by atoms with Crippen LogP contribution in [-0.2, 0) is 17.6 Å². The van der Waals surface area contributed by atoms with Crippen molar-refractivity contribution in [2.75, 3.05) is 0 Å². The second-order valence-electron chi connectivity index (χ2n) is 2.83. The van der Waals surface area contributed by atoms with Gasteiger partial charge in [0, 0.05) is 5.56 Å². The fourth-order valence-electron chi connectivity index (χ4n) is 1.05. The van der Waals surface area contributed by atoms with E-state index in [-0.39, 0.29) is 16.4 Å². The van der Waals surface area contributed by atoms with Crippen molar-refractivity contribution in [2.45, 2.75) is 19.0 Å². The van der Waals surface area contributed by atoms with E-state index in [1.165, 1.54) is 0 Å². The highest BCUT2D eigenvalue weighted by atomic mass is 35.5. The number of carboxylic acids is 1. The molecule has 1 heterocycles. The average Bonchev–Trinajstić information content (AvgIpc) is 2.32. The number of aromatic nitrogens is 2. The zero-order valence-electron chi connectivity index (χ0n) is 7.23. The maximum absolute atomic E-state index is 12.1. The maximum atomic E-state index is 12.1. The zero-order chi connectivity index (χ0) is 11.6. The second kappa shape index (κ2) is 4.09. The van der Waals surface area contributed by atoms with Crippen LogP contribution in [0.3, 0.4) is 0 Å². The Morgan fingerprint density at radius 3 is 2.60 bits per heavy atom. The summed E-state index contributed by atoms with van der Waals surface area (Å²) >= 11 is 5.40. The smallest absolute Gasteiger partial charge is 0.393 e. The number of aromatic amines is 1. The number of carboxylic acid groups (broad SMARTS) is 1. The Morgan fingerprint density at radius 1 is 1.53 bits per heavy atom. The lowest BCUT2D eigenvalue weighted by molar-refractivity contribution is -0.136. The molecule has 0 aliphatic carbocycles. The first-order valence-corrected chi connectivity index (χ1v) is 4.17. The summed E-state index contributed by atoms with van der Waals surface area (Å²) in [5.41, 5.74) is -0.434. The number of rotatable bonds is 3. The Kier molecular flexibility index (Phi) is 3.23. The molecule has 1 aromatic rings. The molecule has 8 heteroatoms. The normalized spacial score (nSPS) is 11.7. The summed E-state index contributed by atoms with van der Waals surface area (Å²) in [6, 6.07) is 0. The summed E-state index contributed by atoms with van der Waals surface area (Å²) in [4.78, 5) is 10.3. The number of hydrogen-bond acceptors (Lipinski definition) is 2. The van der Waals surface area contributed by atoms with Crippen LogP contribution >= 0.6 is 11.6 Å². The van der Waals surface area contributed by atoms with Crippen molar-refractivity contribution >= 4 is 17.6 Å². The number of nitrogens with zero attached hydrogens (tertiary/aromatic N) is 1. The van der Waals surface area contributed by atoms with Gasteiger partial charge in [0.1, 0.15) is 0 Å².